The number of hydrogen-bond acceptors (Lipinski definition) is 3. The zero-order valence-corrected chi connectivity index (χ0v) is 14.1. The highest BCUT2D eigenvalue weighted by molar-refractivity contribution is 9.10. The molecule has 0 saturated carbocycles. The largest absolute Gasteiger partial charge is 0.443 e. The van der Waals surface area contributed by atoms with E-state index in [2.05, 4.69) is 15.9 Å². The first kappa shape index (κ1) is 16.0. The van der Waals surface area contributed by atoms with Gasteiger partial charge in [0, 0.05) is 17.4 Å². The van der Waals surface area contributed by atoms with Crippen molar-refractivity contribution in [3.63, 3.8) is 0 Å². The van der Waals surface area contributed by atoms with E-state index in [0.29, 0.717) is 13.0 Å². The van der Waals surface area contributed by atoms with Gasteiger partial charge in [0.1, 0.15) is 5.60 Å². The Balaban J connectivity index is 2.00. The lowest BCUT2D eigenvalue weighted by molar-refractivity contribution is -0.132. The molecule has 1 aromatic carbocycles. The highest BCUT2D eigenvalue weighted by Crippen LogP contribution is 2.30. The van der Waals surface area contributed by atoms with Gasteiger partial charge in [-0.15, -0.1) is 0 Å². The summed E-state index contributed by atoms with van der Waals surface area (Å²) in [6.07, 6.45) is 0.579. The molecule has 0 bridgehead atoms. The fourth-order valence-electron chi connectivity index (χ4n) is 2.36. The molecule has 1 aliphatic rings. The number of imide groups is 1. The Labute approximate surface area is 133 Å². The molecule has 0 aromatic heterocycles. The maximum absolute atomic E-state index is 12.2. The summed E-state index contributed by atoms with van der Waals surface area (Å²) in [5, 5.41) is 0. The summed E-state index contributed by atoms with van der Waals surface area (Å²) in [5.74, 6) is 0.00713. The summed E-state index contributed by atoms with van der Waals surface area (Å²) in [6.45, 7) is 5.80. The molecule has 0 N–H and O–H groups in total. The Hall–Kier alpha value is -1.36. The summed E-state index contributed by atoms with van der Waals surface area (Å²) in [4.78, 5) is 25.4. The quantitative estimate of drug-likeness (QED) is 0.763. The molecule has 2 amide bonds. The predicted molar refractivity (Wildman–Crippen MR) is 84.1 cm³/mol. The van der Waals surface area contributed by atoms with Crippen LogP contribution in [0.4, 0.5) is 4.79 Å². The van der Waals surface area contributed by atoms with Gasteiger partial charge in [-0.2, -0.15) is 0 Å². The molecule has 5 heteroatoms. The molecule has 1 saturated heterocycles. The highest BCUT2D eigenvalue weighted by atomic mass is 79.9. The van der Waals surface area contributed by atoms with Gasteiger partial charge in [-0.05, 0) is 50.8 Å². The number of amides is 2. The van der Waals surface area contributed by atoms with Crippen LogP contribution in [0.3, 0.4) is 0 Å². The van der Waals surface area contributed by atoms with E-state index in [4.69, 9.17) is 4.74 Å². The fraction of sp³-hybridized carbons (Fsp3) is 0.500. The first-order valence-electron chi connectivity index (χ1n) is 7.05. The zero-order valence-electron chi connectivity index (χ0n) is 12.6. The third kappa shape index (κ3) is 4.30. The number of benzene rings is 1. The van der Waals surface area contributed by atoms with Gasteiger partial charge in [0.05, 0.1) is 0 Å². The van der Waals surface area contributed by atoms with E-state index in [1.54, 1.807) is 20.8 Å². The summed E-state index contributed by atoms with van der Waals surface area (Å²) < 4.78 is 6.28. The van der Waals surface area contributed by atoms with Crippen molar-refractivity contribution >= 4 is 27.9 Å². The monoisotopic (exact) mass is 353 g/mol. The van der Waals surface area contributed by atoms with Gasteiger partial charge < -0.3 is 4.74 Å². The molecule has 1 heterocycles. The molecule has 1 fully saturated rings. The van der Waals surface area contributed by atoms with E-state index in [0.717, 1.165) is 16.5 Å². The standard InChI is InChI=1S/C16H20BrNO3/c1-16(2,3)21-15(20)18-9-8-12(10-14(18)19)11-4-6-13(17)7-5-11/h4-7,12H,8-10H2,1-3H3. The van der Waals surface area contributed by atoms with Gasteiger partial charge in [0.25, 0.3) is 0 Å². The van der Waals surface area contributed by atoms with Crippen molar-refractivity contribution in [3.05, 3.63) is 34.3 Å². The lowest BCUT2D eigenvalue weighted by Gasteiger charge is -2.32. The Morgan fingerprint density at radius 2 is 1.90 bits per heavy atom. The number of carbonyl (C=O) groups excluding carboxylic acids is 2. The summed E-state index contributed by atoms with van der Waals surface area (Å²) >= 11 is 3.40. The second kappa shape index (κ2) is 6.18. The van der Waals surface area contributed by atoms with Crippen LogP contribution in [0.15, 0.2) is 28.7 Å². The molecule has 0 aliphatic carbocycles. The summed E-state index contributed by atoms with van der Waals surface area (Å²) in [7, 11) is 0. The van der Waals surface area contributed by atoms with Crippen LogP contribution in [-0.4, -0.2) is 29.0 Å². The van der Waals surface area contributed by atoms with E-state index in [-0.39, 0.29) is 11.8 Å². The molecule has 0 spiro atoms. The van der Waals surface area contributed by atoms with Crippen molar-refractivity contribution in [1.29, 1.82) is 0 Å². The third-order valence-corrected chi connectivity index (χ3v) is 3.91. The van der Waals surface area contributed by atoms with Crippen molar-refractivity contribution in [2.45, 2.75) is 45.1 Å². The smallest absolute Gasteiger partial charge is 0.417 e. The van der Waals surface area contributed by atoms with Crippen molar-refractivity contribution in [1.82, 2.24) is 4.90 Å². The maximum atomic E-state index is 12.2. The van der Waals surface area contributed by atoms with Crippen LogP contribution in [0.25, 0.3) is 0 Å². The van der Waals surface area contributed by atoms with Gasteiger partial charge in [0.2, 0.25) is 5.91 Å². The second-order valence-electron chi connectivity index (χ2n) is 6.27. The Bertz CT molecular complexity index is 533. The molecule has 1 aliphatic heterocycles. The normalized spacial score (nSPS) is 19.5. The Morgan fingerprint density at radius 1 is 1.29 bits per heavy atom. The molecule has 2 rings (SSSR count). The molecular weight excluding hydrogens is 334 g/mol. The van der Waals surface area contributed by atoms with Crippen LogP contribution >= 0.6 is 15.9 Å². The molecule has 4 nitrogen and oxygen atoms in total. The maximum Gasteiger partial charge on any atom is 0.417 e. The van der Waals surface area contributed by atoms with Gasteiger partial charge >= 0.3 is 6.09 Å². The van der Waals surface area contributed by atoms with Crippen molar-refractivity contribution in [2.75, 3.05) is 6.54 Å². The average Bonchev–Trinajstić information content (AvgIpc) is 2.37. The van der Waals surface area contributed by atoms with Crippen molar-refractivity contribution < 1.29 is 14.3 Å². The topological polar surface area (TPSA) is 46.6 Å². The molecule has 1 unspecified atom stereocenters. The number of hydrogen-bond donors (Lipinski definition) is 0. The number of nitrogens with zero attached hydrogens (tertiary/aromatic N) is 1. The lowest BCUT2D eigenvalue weighted by atomic mass is 9.89. The van der Waals surface area contributed by atoms with E-state index in [1.807, 2.05) is 24.3 Å². The van der Waals surface area contributed by atoms with Gasteiger partial charge in [-0.3, -0.25) is 4.79 Å². The number of likely N-dealkylation sites (tertiary alicyclic amines) is 1. The number of halogens is 1. The molecule has 21 heavy (non-hydrogen) atoms. The van der Waals surface area contributed by atoms with E-state index in [1.165, 1.54) is 4.90 Å². The first-order valence-corrected chi connectivity index (χ1v) is 7.84. The predicted octanol–water partition coefficient (Wildman–Crippen LogP) is 4.09. The fourth-order valence-corrected chi connectivity index (χ4v) is 2.63. The second-order valence-corrected chi connectivity index (χ2v) is 7.18. The summed E-state index contributed by atoms with van der Waals surface area (Å²) in [6, 6.07) is 7.98. The number of rotatable bonds is 1. The van der Waals surface area contributed by atoms with Crippen LogP contribution in [0, 0.1) is 0 Å². The molecule has 0 radical (unpaired) electrons. The zero-order chi connectivity index (χ0) is 15.6. The van der Waals surface area contributed by atoms with Gasteiger partial charge in [-0.25, -0.2) is 9.69 Å². The highest BCUT2D eigenvalue weighted by Gasteiger charge is 2.33. The molecule has 114 valence electrons. The van der Waals surface area contributed by atoms with Crippen LogP contribution in [0.2, 0.25) is 0 Å². The third-order valence-electron chi connectivity index (χ3n) is 3.38. The Kier molecular flexibility index (Phi) is 4.71. The van der Waals surface area contributed by atoms with Gasteiger partial charge in [-0.1, -0.05) is 28.1 Å². The van der Waals surface area contributed by atoms with Crippen LogP contribution in [-0.2, 0) is 9.53 Å². The minimum atomic E-state index is -0.583. The first-order chi connectivity index (χ1) is 9.76. The molecule has 1 atom stereocenters. The minimum Gasteiger partial charge on any atom is -0.443 e. The van der Waals surface area contributed by atoms with E-state index >= 15 is 0 Å². The average molecular weight is 354 g/mol. The van der Waals surface area contributed by atoms with Crippen LogP contribution in [0.5, 0.6) is 0 Å². The molecule has 1 aromatic rings. The lowest BCUT2D eigenvalue weighted by Crippen LogP contribution is -2.44. The van der Waals surface area contributed by atoms with E-state index < -0.39 is 11.7 Å². The van der Waals surface area contributed by atoms with Gasteiger partial charge in [0.15, 0.2) is 0 Å². The van der Waals surface area contributed by atoms with Crippen LogP contribution in [0.1, 0.15) is 45.1 Å². The number of piperidine rings is 1. The van der Waals surface area contributed by atoms with E-state index in [9.17, 15) is 9.59 Å². The number of carbonyl (C=O) groups is 2. The van der Waals surface area contributed by atoms with Crippen molar-refractivity contribution in [3.8, 4) is 0 Å². The van der Waals surface area contributed by atoms with Crippen LogP contribution < -0.4 is 0 Å². The summed E-state index contributed by atoms with van der Waals surface area (Å²) in [5.41, 5.74) is 0.551. The Morgan fingerprint density at radius 3 is 2.43 bits per heavy atom. The molecular formula is C16H20BrNO3. The minimum absolute atomic E-state index is 0.164. The number of ether oxygens (including phenoxy) is 1. The SMILES string of the molecule is CC(C)(C)OC(=O)N1CCC(c2ccc(Br)cc2)CC1=O. The van der Waals surface area contributed by atoms with Crippen molar-refractivity contribution in [2.24, 2.45) is 0 Å².